The number of carbonyl (C=O) groups is 1. The molecule has 4 nitrogen and oxygen atoms in total. The fourth-order valence-corrected chi connectivity index (χ4v) is 2.49. The van der Waals surface area contributed by atoms with Gasteiger partial charge in [-0.15, -0.1) is 0 Å². The van der Waals surface area contributed by atoms with Gasteiger partial charge in [-0.1, -0.05) is 43.7 Å². The first kappa shape index (κ1) is 14.9. The van der Waals surface area contributed by atoms with Crippen LogP contribution in [0, 0.1) is 5.41 Å². The molecule has 4 heteroatoms. The highest BCUT2D eigenvalue weighted by atomic mass is 16.5. The first-order chi connectivity index (χ1) is 9.68. The summed E-state index contributed by atoms with van der Waals surface area (Å²) in [4.78, 5) is 11.7. The molecule has 0 unspecified atom stereocenters. The van der Waals surface area contributed by atoms with Crippen LogP contribution >= 0.6 is 0 Å². The Labute approximate surface area is 120 Å². The fourth-order valence-electron chi connectivity index (χ4n) is 2.49. The van der Waals surface area contributed by atoms with Gasteiger partial charge in [0.05, 0.1) is 0 Å². The number of hydrogen-bond donors (Lipinski definition) is 2. The van der Waals surface area contributed by atoms with Gasteiger partial charge in [0.1, 0.15) is 6.61 Å². The lowest BCUT2D eigenvalue weighted by Crippen LogP contribution is -2.41. The molecule has 1 aliphatic heterocycles. The third kappa shape index (κ3) is 4.85. The molecule has 0 saturated carbocycles. The molecule has 1 saturated heterocycles. The SMILES string of the molecule is C[C@]1(CNC(=O)OCc2ccccc2)CCCCNC1. The van der Waals surface area contributed by atoms with Crippen LogP contribution in [0.15, 0.2) is 30.3 Å². The van der Waals surface area contributed by atoms with E-state index in [-0.39, 0.29) is 11.5 Å². The van der Waals surface area contributed by atoms with Crippen LogP contribution in [0.5, 0.6) is 0 Å². The molecule has 1 amide bonds. The molecule has 1 atom stereocenters. The van der Waals surface area contributed by atoms with Crippen molar-refractivity contribution in [3.63, 3.8) is 0 Å². The molecule has 20 heavy (non-hydrogen) atoms. The minimum atomic E-state index is -0.334. The molecule has 2 rings (SSSR count). The zero-order chi connectivity index (χ0) is 14.3. The van der Waals surface area contributed by atoms with Crippen molar-refractivity contribution >= 4 is 6.09 Å². The summed E-state index contributed by atoms with van der Waals surface area (Å²) < 4.78 is 5.22. The van der Waals surface area contributed by atoms with Crippen molar-refractivity contribution in [3.05, 3.63) is 35.9 Å². The Balaban J connectivity index is 1.71. The lowest BCUT2D eigenvalue weighted by molar-refractivity contribution is 0.133. The molecule has 0 spiro atoms. The first-order valence-corrected chi connectivity index (χ1v) is 7.33. The molecule has 0 bridgehead atoms. The summed E-state index contributed by atoms with van der Waals surface area (Å²) in [5.41, 5.74) is 1.13. The van der Waals surface area contributed by atoms with Crippen molar-refractivity contribution in [3.8, 4) is 0 Å². The number of nitrogens with one attached hydrogen (secondary N) is 2. The van der Waals surface area contributed by atoms with E-state index in [0.717, 1.165) is 25.1 Å². The second kappa shape index (κ2) is 7.29. The zero-order valence-corrected chi connectivity index (χ0v) is 12.2. The number of hydrogen-bond acceptors (Lipinski definition) is 3. The summed E-state index contributed by atoms with van der Waals surface area (Å²) in [7, 11) is 0. The van der Waals surface area contributed by atoms with Gasteiger partial charge in [-0.25, -0.2) is 4.79 Å². The summed E-state index contributed by atoms with van der Waals surface area (Å²) >= 11 is 0. The van der Waals surface area contributed by atoms with Crippen molar-refractivity contribution in [2.45, 2.75) is 32.8 Å². The average Bonchev–Trinajstić information content (AvgIpc) is 2.69. The van der Waals surface area contributed by atoms with Gasteiger partial charge < -0.3 is 15.4 Å². The summed E-state index contributed by atoms with van der Waals surface area (Å²) in [5, 5.41) is 6.32. The summed E-state index contributed by atoms with van der Waals surface area (Å²) in [6.45, 7) is 5.22. The van der Waals surface area contributed by atoms with Crippen LogP contribution in [0.25, 0.3) is 0 Å². The first-order valence-electron chi connectivity index (χ1n) is 7.33. The molecular formula is C16H24N2O2. The third-order valence-corrected chi connectivity index (χ3v) is 3.81. The summed E-state index contributed by atoms with van der Waals surface area (Å²) in [6.07, 6.45) is 3.23. The van der Waals surface area contributed by atoms with Gasteiger partial charge in [0.15, 0.2) is 0 Å². The van der Waals surface area contributed by atoms with E-state index in [0.29, 0.717) is 13.2 Å². The monoisotopic (exact) mass is 276 g/mol. The van der Waals surface area contributed by atoms with E-state index in [2.05, 4.69) is 17.6 Å². The Morgan fingerprint density at radius 1 is 1.35 bits per heavy atom. The van der Waals surface area contributed by atoms with Crippen molar-refractivity contribution in [2.75, 3.05) is 19.6 Å². The predicted molar refractivity (Wildman–Crippen MR) is 79.5 cm³/mol. The second-order valence-electron chi connectivity index (χ2n) is 5.86. The highest BCUT2D eigenvalue weighted by Crippen LogP contribution is 2.24. The van der Waals surface area contributed by atoms with E-state index in [4.69, 9.17) is 4.74 Å². The molecule has 1 fully saturated rings. The number of benzene rings is 1. The van der Waals surface area contributed by atoms with Crippen LogP contribution in [0.2, 0.25) is 0 Å². The van der Waals surface area contributed by atoms with Crippen LogP contribution in [-0.2, 0) is 11.3 Å². The standard InChI is InChI=1S/C16H24N2O2/c1-16(9-5-6-10-17-12-16)13-18-15(19)20-11-14-7-3-2-4-8-14/h2-4,7-8,17H,5-6,9-13H2,1H3,(H,18,19)/t16-/m0/s1. The lowest BCUT2D eigenvalue weighted by Gasteiger charge is -2.28. The van der Waals surface area contributed by atoms with Gasteiger partial charge in [0.2, 0.25) is 0 Å². The maximum atomic E-state index is 11.7. The summed E-state index contributed by atoms with van der Waals surface area (Å²) in [6, 6.07) is 9.72. The van der Waals surface area contributed by atoms with Crippen molar-refractivity contribution < 1.29 is 9.53 Å². The maximum absolute atomic E-state index is 11.7. The minimum Gasteiger partial charge on any atom is -0.445 e. The number of ether oxygens (including phenoxy) is 1. The van der Waals surface area contributed by atoms with Gasteiger partial charge in [0, 0.05) is 13.1 Å². The number of carbonyl (C=O) groups excluding carboxylic acids is 1. The van der Waals surface area contributed by atoms with Crippen molar-refractivity contribution in [1.29, 1.82) is 0 Å². The third-order valence-electron chi connectivity index (χ3n) is 3.81. The molecule has 0 radical (unpaired) electrons. The second-order valence-corrected chi connectivity index (χ2v) is 5.86. The smallest absolute Gasteiger partial charge is 0.407 e. The number of rotatable bonds is 4. The lowest BCUT2D eigenvalue weighted by atomic mass is 9.86. The highest BCUT2D eigenvalue weighted by molar-refractivity contribution is 5.67. The van der Waals surface area contributed by atoms with E-state index in [1.165, 1.54) is 12.8 Å². The van der Waals surface area contributed by atoms with Crippen molar-refractivity contribution in [1.82, 2.24) is 10.6 Å². The van der Waals surface area contributed by atoms with Crippen LogP contribution in [0.4, 0.5) is 4.79 Å². The van der Waals surface area contributed by atoms with E-state index >= 15 is 0 Å². The molecule has 2 N–H and O–H groups in total. The van der Waals surface area contributed by atoms with Gasteiger partial charge in [-0.05, 0) is 30.4 Å². The van der Waals surface area contributed by atoms with Crippen molar-refractivity contribution in [2.24, 2.45) is 5.41 Å². The largest absolute Gasteiger partial charge is 0.445 e. The Kier molecular flexibility index (Phi) is 5.41. The maximum Gasteiger partial charge on any atom is 0.407 e. The zero-order valence-electron chi connectivity index (χ0n) is 12.2. The molecular weight excluding hydrogens is 252 g/mol. The van der Waals surface area contributed by atoms with Gasteiger partial charge >= 0.3 is 6.09 Å². The topological polar surface area (TPSA) is 50.4 Å². The fraction of sp³-hybridized carbons (Fsp3) is 0.562. The van der Waals surface area contributed by atoms with Crippen LogP contribution in [0.1, 0.15) is 31.7 Å². The Morgan fingerprint density at radius 3 is 2.95 bits per heavy atom. The van der Waals surface area contributed by atoms with Gasteiger partial charge in [-0.2, -0.15) is 0 Å². The molecule has 1 aromatic carbocycles. The minimum absolute atomic E-state index is 0.127. The number of alkyl carbamates (subject to hydrolysis) is 1. The molecule has 0 aromatic heterocycles. The van der Waals surface area contributed by atoms with Crippen LogP contribution in [-0.4, -0.2) is 25.7 Å². The molecule has 1 heterocycles. The normalized spacial score (nSPS) is 22.9. The van der Waals surface area contributed by atoms with E-state index < -0.39 is 0 Å². The van der Waals surface area contributed by atoms with E-state index in [1.54, 1.807) is 0 Å². The summed E-state index contributed by atoms with van der Waals surface area (Å²) in [5.74, 6) is 0. The molecule has 1 aromatic rings. The highest BCUT2D eigenvalue weighted by Gasteiger charge is 2.26. The average molecular weight is 276 g/mol. The van der Waals surface area contributed by atoms with E-state index in [9.17, 15) is 4.79 Å². The quantitative estimate of drug-likeness (QED) is 0.889. The molecule has 0 aliphatic carbocycles. The van der Waals surface area contributed by atoms with E-state index in [1.807, 2.05) is 30.3 Å². The molecule has 1 aliphatic rings. The Morgan fingerprint density at radius 2 is 2.15 bits per heavy atom. The molecule has 110 valence electrons. The number of amides is 1. The Hall–Kier alpha value is -1.55. The Bertz CT molecular complexity index is 412. The van der Waals surface area contributed by atoms with Gasteiger partial charge in [-0.3, -0.25) is 0 Å². The van der Waals surface area contributed by atoms with Crippen LogP contribution < -0.4 is 10.6 Å². The van der Waals surface area contributed by atoms with Crippen LogP contribution in [0.3, 0.4) is 0 Å². The predicted octanol–water partition coefficient (Wildman–Crippen LogP) is 2.69. The van der Waals surface area contributed by atoms with Gasteiger partial charge in [0.25, 0.3) is 0 Å².